The molecule has 1 amide bonds. The minimum atomic E-state index is -0.772. The van der Waals surface area contributed by atoms with E-state index in [2.05, 4.69) is 26.8 Å². The standard InChI is InChI=1S/C23H25N5O3/c1-4-5-6-10-31-20-15-25-18(14-26-20)19(29)12-16-8-7-9-17(11-16)23(2)13-21(30)28(3)22(24)27-23/h7-9,11,14-15H,4,10,12-13H2,1-3H3,(H2,24,27). The van der Waals surface area contributed by atoms with E-state index in [0.29, 0.717) is 5.88 Å². The summed E-state index contributed by atoms with van der Waals surface area (Å²) in [5, 5.41) is 0. The van der Waals surface area contributed by atoms with Gasteiger partial charge < -0.3 is 10.5 Å². The molecule has 1 aromatic carbocycles. The van der Waals surface area contributed by atoms with Crippen LogP contribution >= 0.6 is 0 Å². The first kappa shape index (κ1) is 22.0. The summed E-state index contributed by atoms with van der Waals surface area (Å²) in [5.41, 5.74) is 7.00. The summed E-state index contributed by atoms with van der Waals surface area (Å²) in [6.45, 7) is 4.05. The number of Topliss-reactive ketones (excluding diaryl/α,β-unsaturated/α-hetero) is 1. The largest absolute Gasteiger partial charge is 0.463 e. The van der Waals surface area contributed by atoms with Crippen molar-refractivity contribution in [3.8, 4) is 17.7 Å². The molecule has 31 heavy (non-hydrogen) atoms. The first-order valence-corrected chi connectivity index (χ1v) is 9.97. The monoisotopic (exact) mass is 419 g/mol. The summed E-state index contributed by atoms with van der Waals surface area (Å²) in [4.78, 5) is 39.0. The molecule has 8 nitrogen and oxygen atoms in total. The Labute approximate surface area is 181 Å². The van der Waals surface area contributed by atoms with Crippen LogP contribution in [0.3, 0.4) is 0 Å². The molecule has 3 rings (SSSR count). The Morgan fingerprint density at radius 3 is 2.77 bits per heavy atom. The number of amides is 1. The zero-order valence-corrected chi connectivity index (χ0v) is 17.9. The number of guanidine groups is 1. The summed E-state index contributed by atoms with van der Waals surface area (Å²) in [7, 11) is 1.60. The average Bonchev–Trinajstić information content (AvgIpc) is 2.75. The minimum absolute atomic E-state index is 0.102. The van der Waals surface area contributed by atoms with Crippen molar-refractivity contribution in [1.29, 1.82) is 0 Å². The lowest BCUT2D eigenvalue weighted by molar-refractivity contribution is -0.128. The molecule has 1 unspecified atom stereocenters. The molecule has 2 N–H and O–H groups in total. The van der Waals surface area contributed by atoms with E-state index in [1.165, 1.54) is 17.3 Å². The smallest absolute Gasteiger partial charge is 0.233 e. The van der Waals surface area contributed by atoms with Gasteiger partial charge in [0.25, 0.3) is 0 Å². The fourth-order valence-electron chi connectivity index (χ4n) is 3.19. The van der Waals surface area contributed by atoms with E-state index in [4.69, 9.17) is 10.5 Å². The maximum atomic E-state index is 12.7. The second-order valence-electron chi connectivity index (χ2n) is 7.41. The highest BCUT2D eigenvalue weighted by Crippen LogP contribution is 2.33. The van der Waals surface area contributed by atoms with Crippen molar-refractivity contribution in [2.75, 3.05) is 13.7 Å². The molecule has 1 atom stereocenters. The molecule has 0 spiro atoms. The van der Waals surface area contributed by atoms with Crippen molar-refractivity contribution < 1.29 is 14.3 Å². The number of aromatic nitrogens is 2. The van der Waals surface area contributed by atoms with E-state index in [0.717, 1.165) is 17.5 Å². The Bertz CT molecular complexity index is 1070. The number of carbonyl (C=O) groups is 2. The van der Waals surface area contributed by atoms with Crippen molar-refractivity contribution in [3.05, 3.63) is 53.5 Å². The molecule has 1 aliphatic heterocycles. The summed E-state index contributed by atoms with van der Waals surface area (Å²) >= 11 is 0. The number of hydrogen-bond donors (Lipinski definition) is 1. The van der Waals surface area contributed by atoms with Crippen molar-refractivity contribution in [3.63, 3.8) is 0 Å². The third kappa shape index (κ3) is 5.25. The van der Waals surface area contributed by atoms with Gasteiger partial charge in [-0.15, -0.1) is 5.92 Å². The van der Waals surface area contributed by atoms with Gasteiger partial charge in [0.05, 0.1) is 24.4 Å². The van der Waals surface area contributed by atoms with E-state index >= 15 is 0 Å². The molecule has 0 radical (unpaired) electrons. The van der Waals surface area contributed by atoms with E-state index in [-0.39, 0.29) is 42.8 Å². The van der Waals surface area contributed by atoms with Crippen molar-refractivity contribution in [2.24, 2.45) is 10.7 Å². The van der Waals surface area contributed by atoms with Gasteiger partial charge in [0.15, 0.2) is 18.3 Å². The van der Waals surface area contributed by atoms with Gasteiger partial charge in [-0.1, -0.05) is 37.1 Å². The van der Waals surface area contributed by atoms with Crippen LogP contribution in [0, 0.1) is 11.8 Å². The van der Waals surface area contributed by atoms with Crippen LogP contribution in [0.1, 0.15) is 48.3 Å². The molecular formula is C23H25N5O3. The van der Waals surface area contributed by atoms with Gasteiger partial charge in [-0.2, -0.15) is 0 Å². The van der Waals surface area contributed by atoms with Gasteiger partial charge in [-0.05, 0) is 18.1 Å². The highest BCUT2D eigenvalue weighted by molar-refractivity contribution is 5.99. The number of ketones is 1. The lowest BCUT2D eigenvalue weighted by atomic mass is 9.86. The fourth-order valence-corrected chi connectivity index (χ4v) is 3.19. The number of ether oxygens (including phenoxy) is 1. The molecule has 1 aliphatic rings. The molecule has 0 fully saturated rings. The van der Waals surface area contributed by atoms with Gasteiger partial charge in [0, 0.05) is 19.9 Å². The molecule has 0 saturated heterocycles. The number of hydrogen-bond acceptors (Lipinski definition) is 7. The Balaban J connectivity index is 1.71. The van der Waals surface area contributed by atoms with E-state index in [1.54, 1.807) is 7.05 Å². The van der Waals surface area contributed by atoms with E-state index in [1.807, 2.05) is 38.1 Å². The molecule has 160 valence electrons. The zero-order valence-electron chi connectivity index (χ0n) is 17.9. The lowest BCUT2D eigenvalue weighted by Gasteiger charge is -2.33. The van der Waals surface area contributed by atoms with Crippen LogP contribution < -0.4 is 10.5 Å². The predicted octanol–water partition coefficient (Wildman–Crippen LogP) is 2.09. The molecule has 0 bridgehead atoms. The van der Waals surface area contributed by atoms with Crippen LogP contribution in [0.5, 0.6) is 5.88 Å². The molecular weight excluding hydrogens is 394 g/mol. The fraction of sp³-hybridized carbons (Fsp3) is 0.348. The van der Waals surface area contributed by atoms with Crippen molar-refractivity contribution in [1.82, 2.24) is 14.9 Å². The number of rotatable bonds is 6. The van der Waals surface area contributed by atoms with Crippen molar-refractivity contribution in [2.45, 2.75) is 38.6 Å². The van der Waals surface area contributed by atoms with Crippen LogP contribution in [-0.4, -0.2) is 46.2 Å². The summed E-state index contributed by atoms with van der Waals surface area (Å²) in [6.07, 6.45) is 3.93. The maximum absolute atomic E-state index is 12.7. The molecule has 0 saturated carbocycles. The predicted molar refractivity (Wildman–Crippen MR) is 116 cm³/mol. The number of benzene rings is 1. The van der Waals surface area contributed by atoms with Gasteiger partial charge in [-0.25, -0.2) is 15.0 Å². The van der Waals surface area contributed by atoms with Crippen LogP contribution in [0.15, 0.2) is 41.7 Å². The van der Waals surface area contributed by atoms with Gasteiger partial charge >= 0.3 is 0 Å². The Morgan fingerprint density at radius 2 is 2.10 bits per heavy atom. The minimum Gasteiger partial charge on any atom is -0.463 e. The number of aliphatic imine (C=N–C) groups is 1. The second-order valence-corrected chi connectivity index (χ2v) is 7.41. The van der Waals surface area contributed by atoms with Crippen LogP contribution in [0.25, 0.3) is 0 Å². The SMILES string of the molecule is CCC#CCOc1cnc(C(=O)Cc2cccc(C3(C)CC(=O)N(C)C(N)=N3)c2)cn1. The summed E-state index contributed by atoms with van der Waals surface area (Å²) in [6, 6.07) is 7.46. The highest BCUT2D eigenvalue weighted by atomic mass is 16.5. The molecule has 1 aromatic heterocycles. The molecule has 0 aliphatic carbocycles. The van der Waals surface area contributed by atoms with Gasteiger partial charge in [0.1, 0.15) is 5.69 Å². The molecule has 2 heterocycles. The van der Waals surface area contributed by atoms with Gasteiger partial charge in [0.2, 0.25) is 11.8 Å². The summed E-state index contributed by atoms with van der Waals surface area (Å²) < 4.78 is 5.37. The third-order valence-corrected chi connectivity index (χ3v) is 5.00. The Hall–Kier alpha value is -3.73. The molecule has 2 aromatic rings. The summed E-state index contributed by atoms with van der Waals surface area (Å²) in [5.74, 6) is 5.97. The highest BCUT2D eigenvalue weighted by Gasteiger charge is 2.36. The average molecular weight is 419 g/mol. The maximum Gasteiger partial charge on any atom is 0.233 e. The van der Waals surface area contributed by atoms with Gasteiger partial charge in [-0.3, -0.25) is 14.5 Å². The second kappa shape index (κ2) is 9.39. The van der Waals surface area contributed by atoms with Crippen molar-refractivity contribution >= 4 is 17.6 Å². The molecule has 8 heteroatoms. The van der Waals surface area contributed by atoms with E-state index < -0.39 is 5.54 Å². The van der Waals surface area contributed by atoms with Crippen LogP contribution in [0.4, 0.5) is 0 Å². The Kier molecular flexibility index (Phi) is 6.65. The van der Waals surface area contributed by atoms with Crippen LogP contribution in [-0.2, 0) is 16.8 Å². The Morgan fingerprint density at radius 1 is 1.29 bits per heavy atom. The lowest BCUT2D eigenvalue weighted by Crippen LogP contribution is -2.47. The quantitative estimate of drug-likeness (QED) is 0.567. The normalized spacial score (nSPS) is 18.1. The topological polar surface area (TPSA) is 111 Å². The van der Waals surface area contributed by atoms with Crippen LogP contribution in [0.2, 0.25) is 0 Å². The number of nitrogens with zero attached hydrogens (tertiary/aromatic N) is 4. The first-order valence-electron chi connectivity index (χ1n) is 9.97. The number of carbonyl (C=O) groups excluding carboxylic acids is 2. The first-order chi connectivity index (χ1) is 14.8. The number of nitrogens with two attached hydrogens (primary N) is 1. The van der Waals surface area contributed by atoms with E-state index in [9.17, 15) is 9.59 Å². The third-order valence-electron chi connectivity index (χ3n) is 5.00. The zero-order chi connectivity index (χ0) is 22.4.